The first kappa shape index (κ1) is 19.1. The van der Waals surface area contributed by atoms with Crippen molar-refractivity contribution in [3.63, 3.8) is 0 Å². The first-order valence-electron chi connectivity index (χ1n) is 7.86. The first-order chi connectivity index (χ1) is 12.2. The van der Waals surface area contributed by atoms with Gasteiger partial charge in [0.05, 0.1) is 5.75 Å². The minimum atomic E-state index is 0.0626. The highest BCUT2D eigenvalue weighted by atomic mass is 32.2. The standard InChI is InChI=1S/C19H19N3OS2/c1-4-8-16-19(22(6-3)17(23)10-13-24-12-5-2)25-18(21-16)15-9-7-11-20-14-15/h2,7,9,11,14H,6,10,12-13H2,1,3H3. The summed E-state index contributed by atoms with van der Waals surface area (Å²) in [6, 6.07) is 3.82. The lowest BCUT2D eigenvalue weighted by atomic mass is 10.3. The monoisotopic (exact) mass is 369 g/mol. The fourth-order valence-electron chi connectivity index (χ4n) is 2.17. The van der Waals surface area contributed by atoms with Crippen molar-refractivity contribution in [2.24, 2.45) is 0 Å². The minimum Gasteiger partial charge on any atom is -0.302 e. The number of hydrogen-bond donors (Lipinski definition) is 0. The highest BCUT2D eigenvalue weighted by molar-refractivity contribution is 7.99. The molecular formula is C19H19N3OS2. The molecule has 1 amide bonds. The fraction of sp³-hybridized carbons (Fsp3) is 0.316. The molecule has 4 nitrogen and oxygen atoms in total. The molecule has 0 radical (unpaired) electrons. The molecule has 2 heterocycles. The summed E-state index contributed by atoms with van der Waals surface area (Å²) in [5.41, 5.74) is 1.56. The number of pyridine rings is 1. The number of thioether (sulfide) groups is 1. The topological polar surface area (TPSA) is 46.1 Å². The number of hydrogen-bond acceptors (Lipinski definition) is 5. The van der Waals surface area contributed by atoms with E-state index in [0.29, 0.717) is 30.2 Å². The molecule has 0 N–H and O–H groups in total. The Bertz CT molecular complexity index is 813. The van der Waals surface area contributed by atoms with E-state index in [1.54, 1.807) is 36.0 Å². The maximum atomic E-state index is 12.6. The molecule has 0 aliphatic heterocycles. The highest BCUT2D eigenvalue weighted by Gasteiger charge is 2.21. The van der Waals surface area contributed by atoms with E-state index in [4.69, 9.17) is 6.42 Å². The maximum Gasteiger partial charge on any atom is 0.228 e. The molecule has 0 aromatic carbocycles. The molecule has 0 saturated heterocycles. The van der Waals surface area contributed by atoms with Gasteiger partial charge in [0.1, 0.15) is 15.7 Å². The van der Waals surface area contributed by atoms with E-state index >= 15 is 0 Å². The Labute approximate surface area is 157 Å². The van der Waals surface area contributed by atoms with Gasteiger partial charge in [-0.05, 0) is 31.9 Å². The molecule has 2 rings (SSSR count). The molecule has 0 fully saturated rings. The third-order valence-electron chi connectivity index (χ3n) is 3.27. The van der Waals surface area contributed by atoms with Gasteiger partial charge >= 0.3 is 0 Å². The van der Waals surface area contributed by atoms with E-state index < -0.39 is 0 Å². The second-order valence-corrected chi connectivity index (χ2v) is 7.02. The van der Waals surface area contributed by atoms with Crippen LogP contribution >= 0.6 is 23.1 Å². The van der Waals surface area contributed by atoms with Crippen LogP contribution in [-0.4, -0.2) is 33.9 Å². The van der Waals surface area contributed by atoms with Crippen LogP contribution < -0.4 is 4.90 Å². The number of carbonyl (C=O) groups excluding carboxylic acids is 1. The molecule has 6 heteroatoms. The molecule has 0 unspecified atom stereocenters. The Morgan fingerprint density at radius 3 is 2.96 bits per heavy atom. The van der Waals surface area contributed by atoms with Crippen molar-refractivity contribution in [1.82, 2.24) is 9.97 Å². The average molecular weight is 370 g/mol. The Morgan fingerprint density at radius 1 is 1.48 bits per heavy atom. The van der Waals surface area contributed by atoms with E-state index in [1.165, 1.54) is 11.3 Å². The van der Waals surface area contributed by atoms with Gasteiger partial charge in [-0.3, -0.25) is 9.78 Å². The van der Waals surface area contributed by atoms with Gasteiger partial charge < -0.3 is 4.90 Å². The van der Waals surface area contributed by atoms with Crippen molar-refractivity contribution < 1.29 is 4.79 Å². The van der Waals surface area contributed by atoms with E-state index in [-0.39, 0.29) is 5.91 Å². The number of carbonyl (C=O) groups is 1. The van der Waals surface area contributed by atoms with Gasteiger partial charge in [0.15, 0.2) is 0 Å². The number of aromatic nitrogens is 2. The summed E-state index contributed by atoms with van der Waals surface area (Å²) in [4.78, 5) is 23.1. The Hall–Kier alpha value is -2.28. The van der Waals surface area contributed by atoms with Gasteiger partial charge in [0.25, 0.3) is 0 Å². The number of rotatable bonds is 7. The summed E-state index contributed by atoms with van der Waals surface area (Å²) in [5.74, 6) is 9.86. The van der Waals surface area contributed by atoms with Gasteiger partial charge in [-0.15, -0.1) is 18.2 Å². The molecule has 0 atom stereocenters. The van der Waals surface area contributed by atoms with Crippen LogP contribution in [0.2, 0.25) is 0 Å². The third kappa shape index (κ3) is 5.09. The van der Waals surface area contributed by atoms with Crippen LogP contribution in [0.1, 0.15) is 26.0 Å². The summed E-state index contributed by atoms with van der Waals surface area (Å²) >= 11 is 3.06. The fourth-order valence-corrected chi connectivity index (χ4v) is 3.84. The number of thiazole rings is 1. The van der Waals surface area contributed by atoms with Crippen molar-refractivity contribution >= 4 is 34.0 Å². The van der Waals surface area contributed by atoms with Crippen molar-refractivity contribution in [3.05, 3.63) is 30.2 Å². The van der Waals surface area contributed by atoms with Crippen molar-refractivity contribution in [3.8, 4) is 34.8 Å². The maximum absolute atomic E-state index is 12.6. The predicted octanol–water partition coefficient (Wildman–Crippen LogP) is 3.69. The van der Waals surface area contributed by atoms with Gasteiger partial charge in [-0.25, -0.2) is 4.98 Å². The van der Waals surface area contributed by atoms with Crippen molar-refractivity contribution in [1.29, 1.82) is 0 Å². The SMILES string of the molecule is C#CCSCCC(=O)N(CC)c1sc(-c2cccnc2)nc1C#CC. The number of nitrogens with zero attached hydrogens (tertiary/aromatic N) is 3. The normalized spacial score (nSPS) is 9.80. The van der Waals surface area contributed by atoms with Crippen LogP contribution in [0.15, 0.2) is 24.5 Å². The van der Waals surface area contributed by atoms with Crippen LogP contribution in [0.3, 0.4) is 0 Å². The summed E-state index contributed by atoms with van der Waals surface area (Å²) in [7, 11) is 0. The number of anilines is 1. The molecular weight excluding hydrogens is 350 g/mol. The zero-order chi connectivity index (χ0) is 18.1. The largest absolute Gasteiger partial charge is 0.302 e. The molecule has 2 aromatic heterocycles. The van der Waals surface area contributed by atoms with Crippen LogP contribution in [0.5, 0.6) is 0 Å². The lowest BCUT2D eigenvalue weighted by Gasteiger charge is -2.19. The second-order valence-electron chi connectivity index (χ2n) is 4.93. The summed E-state index contributed by atoms with van der Waals surface area (Å²) in [6.45, 7) is 4.30. The molecule has 0 saturated carbocycles. The smallest absolute Gasteiger partial charge is 0.228 e. The van der Waals surface area contributed by atoms with Crippen molar-refractivity contribution in [2.45, 2.75) is 20.3 Å². The highest BCUT2D eigenvalue weighted by Crippen LogP contribution is 2.34. The zero-order valence-electron chi connectivity index (χ0n) is 14.3. The Balaban J connectivity index is 2.28. The molecule has 0 aliphatic rings. The van der Waals surface area contributed by atoms with Gasteiger partial charge in [0, 0.05) is 36.7 Å². The van der Waals surface area contributed by atoms with Crippen LogP contribution in [-0.2, 0) is 4.79 Å². The molecule has 0 aliphatic carbocycles. The molecule has 0 spiro atoms. The molecule has 2 aromatic rings. The lowest BCUT2D eigenvalue weighted by Crippen LogP contribution is -2.30. The summed E-state index contributed by atoms with van der Waals surface area (Å²) < 4.78 is 0. The van der Waals surface area contributed by atoms with Gasteiger partial charge in [0.2, 0.25) is 5.91 Å². The number of amides is 1. The van der Waals surface area contributed by atoms with E-state index in [0.717, 1.165) is 15.6 Å². The van der Waals surface area contributed by atoms with Crippen LogP contribution in [0.4, 0.5) is 5.00 Å². The molecule has 25 heavy (non-hydrogen) atoms. The van der Waals surface area contributed by atoms with Gasteiger partial charge in [-0.1, -0.05) is 23.2 Å². The Morgan fingerprint density at radius 2 is 2.32 bits per heavy atom. The summed E-state index contributed by atoms with van der Waals surface area (Å²) in [6.07, 6.45) is 9.17. The van der Waals surface area contributed by atoms with Crippen molar-refractivity contribution in [2.75, 3.05) is 23.0 Å². The first-order valence-corrected chi connectivity index (χ1v) is 9.83. The predicted molar refractivity (Wildman–Crippen MR) is 107 cm³/mol. The molecule has 0 bridgehead atoms. The third-order valence-corrected chi connectivity index (χ3v) is 5.26. The number of terminal acetylenes is 1. The van der Waals surface area contributed by atoms with E-state index in [1.807, 2.05) is 19.1 Å². The minimum absolute atomic E-state index is 0.0626. The van der Waals surface area contributed by atoms with E-state index in [9.17, 15) is 4.79 Å². The summed E-state index contributed by atoms with van der Waals surface area (Å²) in [5, 5.41) is 1.61. The quantitative estimate of drug-likeness (QED) is 0.552. The van der Waals surface area contributed by atoms with Crippen LogP contribution in [0, 0.1) is 24.2 Å². The van der Waals surface area contributed by atoms with Gasteiger partial charge in [-0.2, -0.15) is 0 Å². The van der Waals surface area contributed by atoms with E-state index in [2.05, 4.69) is 27.7 Å². The Kier molecular flexibility index (Phi) is 7.53. The average Bonchev–Trinajstić information content (AvgIpc) is 3.04. The zero-order valence-corrected chi connectivity index (χ0v) is 15.9. The second kappa shape index (κ2) is 9.88. The molecule has 128 valence electrons. The lowest BCUT2D eigenvalue weighted by molar-refractivity contribution is -0.118. The van der Waals surface area contributed by atoms with Crippen LogP contribution in [0.25, 0.3) is 10.6 Å².